The van der Waals surface area contributed by atoms with E-state index in [1.807, 2.05) is 0 Å². The average Bonchev–Trinajstić information content (AvgIpc) is 2.52. The Kier molecular flexibility index (Phi) is 4.78. The number of esters is 1. The highest BCUT2D eigenvalue weighted by atomic mass is 19.4. The highest BCUT2D eigenvalue weighted by Gasteiger charge is 2.36. The summed E-state index contributed by atoms with van der Waals surface area (Å²) in [5, 5.41) is 9.73. The van der Waals surface area contributed by atoms with Gasteiger partial charge in [0.25, 0.3) is 0 Å². The van der Waals surface area contributed by atoms with E-state index in [2.05, 4.69) is 4.74 Å². The molecule has 0 aliphatic heterocycles. The Morgan fingerprint density at radius 2 is 1.83 bits per heavy atom. The molecule has 23 heavy (non-hydrogen) atoms. The molecular formula is C16H13F3O4. The zero-order chi connectivity index (χ0) is 17.0. The smallest absolute Gasteiger partial charge is 0.419 e. The lowest BCUT2D eigenvalue weighted by molar-refractivity contribution is -0.139. The summed E-state index contributed by atoms with van der Waals surface area (Å²) in [4.78, 5) is 11.4. The summed E-state index contributed by atoms with van der Waals surface area (Å²) in [5.74, 6) is -2.28. The normalized spacial score (nSPS) is 11.1. The van der Waals surface area contributed by atoms with Gasteiger partial charge in [-0.15, -0.1) is 0 Å². The number of halogens is 3. The number of methoxy groups -OCH3 is 1. The fourth-order valence-electron chi connectivity index (χ4n) is 1.92. The van der Waals surface area contributed by atoms with Gasteiger partial charge in [0.2, 0.25) is 0 Å². The summed E-state index contributed by atoms with van der Waals surface area (Å²) < 4.78 is 48.9. The second-order valence-electron chi connectivity index (χ2n) is 4.63. The van der Waals surface area contributed by atoms with Crippen molar-refractivity contribution < 1.29 is 32.5 Å². The molecule has 0 saturated carbocycles. The summed E-state index contributed by atoms with van der Waals surface area (Å²) in [6.45, 7) is -0.110. The molecule has 0 amide bonds. The van der Waals surface area contributed by atoms with Crippen LogP contribution in [0.4, 0.5) is 13.2 Å². The summed E-state index contributed by atoms with van der Waals surface area (Å²) in [6, 6.07) is 9.87. The lowest BCUT2D eigenvalue weighted by atomic mass is 10.1. The van der Waals surface area contributed by atoms with E-state index in [4.69, 9.17) is 4.74 Å². The van der Waals surface area contributed by atoms with Gasteiger partial charge >= 0.3 is 12.1 Å². The first-order chi connectivity index (χ1) is 10.8. The highest BCUT2D eigenvalue weighted by molar-refractivity contribution is 5.93. The minimum Gasteiger partial charge on any atom is -0.507 e. The van der Waals surface area contributed by atoms with Crippen LogP contribution in [0, 0.1) is 0 Å². The maximum atomic E-state index is 13.1. The van der Waals surface area contributed by atoms with Crippen molar-refractivity contribution in [3.8, 4) is 11.5 Å². The summed E-state index contributed by atoms with van der Waals surface area (Å²) in [5.41, 5.74) is -1.07. The second kappa shape index (κ2) is 6.60. The van der Waals surface area contributed by atoms with E-state index in [0.717, 1.165) is 13.2 Å². The lowest BCUT2D eigenvalue weighted by Gasteiger charge is -2.16. The van der Waals surface area contributed by atoms with Gasteiger partial charge in [-0.25, -0.2) is 4.79 Å². The van der Waals surface area contributed by atoms with Gasteiger partial charge in [0, 0.05) is 6.07 Å². The van der Waals surface area contributed by atoms with E-state index in [9.17, 15) is 23.1 Å². The van der Waals surface area contributed by atoms with Crippen LogP contribution in [0.25, 0.3) is 0 Å². The molecule has 0 aliphatic rings. The van der Waals surface area contributed by atoms with E-state index in [-0.39, 0.29) is 6.61 Å². The molecule has 0 unspecified atom stereocenters. The molecule has 2 aromatic carbocycles. The minimum absolute atomic E-state index is 0.110. The second-order valence-corrected chi connectivity index (χ2v) is 4.63. The van der Waals surface area contributed by atoms with E-state index in [1.165, 1.54) is 0 Å². The predicted octanol–water partition coefficient (Wildman–Crippen LogP) is 3.78. The van der Waals surface area contributed by atoms with Crippen LogP contribution >= 0.6 is 0 Å². The van der Waals surface area contributed by atoms with Crippen molar-refractivity contribution in [2.45, 2.75) is 12.8 Å². The molecule has 0 saturated heterocycles. The first-order valence-corrected chi connectivity index (χ1v) is 6.52. The lowest BCUT2D eigenvalue weighted by Crippen LogP contribution is -2.12. The Balaban J connectivity index is 2.38. The number of carbonyl (C=O) groups is 1. The van der Waals surface area contributed by atoms with Crippen molar-refractivity contribution >= 4 is 5.97 Å². The quantitative estimate of drug-likeness (QED) is 0.869. The van der Waals surface area contributed by atoms with Crippen LogP contribution < -0.4 is 4.74 Å². The zero-order valence-electron chi connectivity index (χ0n) is 12.1. The first-order valence-electron chi connectivity index (χ1n) is 6.52. The summed E-state index contributed by atoms with van der Waals surface area (Å²) >= 11 is 0. The monoisotopic (exact) mass is 326 g/mol. The van der Waals surface area contributed by atoms with Crippen molar-refractivity contribution in [1.29, 1.82) is 0 Å². The van der Waals surface area contributed by atoms with Gasteiger partial charge in [0.1, 0.15) is 23.7 Å². The van der Waals surface area contributed by atoms with Gasteiger partial charge < -0.3 is 14.6 Å². The summed E-state index contributed by atoms with van der Waals surface area (Å²) in [6.07, 6.45) is -4.75. The van der Waals surface area contributed by atoms with E-state index in [0.29, 0.717) is 11.6 Å². The average molecular weight is 326 g/mol. The van der Waals surface area contributed by atoms with Crippen LogP contribution in [0.5, 0.6) is 11.5 Å². The Bertz CT molecular complexity index is 696. The maximum absolute atomic E-state index is 13.1. The Hall–Kier alpha value is -2.70. The van der Waals surface area contributed by atoms with Gasteiger partial charge in [-0.1, -0.05) is 30.3 Å². The number of phenolic OH excluding ortho intramolecular Hbond substituents is 1. The van der Waals surface area contributed by atoms with Crippen molar-refractivity contribution in [2.75, 3.05) is 7.11 Å². The van der Waals surface area contributed by atoms with Crippen LogP contribution in [-0.4, -0.2) is 18.2 Å². The molecule has 7 heteroatoms. The number of carbonyl (C=O) groups excluding carboxylic acids is 1. The van der Waals surface area contributed by atoms with Gasteiger partial charge in [-0.3, -0.25) is 0 Å². The van der Waals surface area contributed by atoms with Crippen LogP contribution in [0.3, 0.4) is 0 Å². The number of aromatic hydroxyl groups is 1. The van der Waals surface area contributed by atoms with Crippen LogP contribution in [0.15, 0.2) is 42.5 Å². The molecule has 0 fully saturated rings. The van der Waals surface area contributed by atoms with Crippen molar-refractivity contribution in [3.63, 3.8) is 0 Å². The topological polar surface area (TPSA) is 55.8 Å². The molecule has 0 spiro atoms. The van der Waals surface area contributed by atoms with Crippen LogP contribution in [0.2, 0.25) is 0 Å². The third-order valence-corrected chi connectivity index (χ3v) is 3.05. The predicted molar refractivity (Wildman–Crippen MR) is 75.2 cm³/mol. The van der Waals surface area contributed by atoms with E-state index in [1.54, 1.807) is 30.3 Å². The maximum Gasteiger partial charge on any atom is 0.419 e. The molecule has 122 valence electrons. The minimum atomic E-state index is -4.75. The highest BCUT2D eigenvalue weighted by Crippen LogP contribution is 2.40. The van der Waals surface area contributed by atoms with Gasteiger partial charge in [-0.05, 0) is 11.6 Å². The van der Waals surface area contributed by atoms with Gasteiger partial charge in [0.05, 0.1) is 12.7 Å². The number of benzene rings is 2. The number of alkyl halides is 3. The molecule has 0 bridgehead atoms. The molecule has 0 atom stereocenters. The zero-order valence-corrected chi connectivity index (χ0v) is 12.1. The standard InChI is InChI=1S/C16H13F3O4/c1-22-15(21)11-7-12(16(17,18)19)14(8-13(11)20)23-9-10-5-3-2-4-6-10/h2-8,20H,9H2,1H3. The SMILES string of the molecule is COC(=O)c1cc(C(F)(F)F)c(OCc2ccccc2)cc1O. The number of ether oxygens (including phenoxy) is 2. The number of rotatable bonds is 4. The molecular weight excluding hydrogens is 313 g/mol. The largest absolute Gasteiger partial charge is 0.507 e. The molecule has 2 aromatic rings. The Morgan fingerprint density at radius 3 is 2.39 bits per heavy atom. The molecule has 1 N–H and O–H groups in total. The van der Waals surface area contributed by atoms with Crippen LogP contribution in [0.1, 0.15) is 21.5 Å². The van der Waals surface area contributed by atoms with Crippen LogP contribution in [-0.2, 0) is 17.5 Å². The Labute approximate surface area is 130 Å². The van der Waals surface area contributed by atoms with Crippen molar-refractivity contribution in [2.24, 2.45) is 0 Å². The molecule has 0 aliphatic carbocycles. The van der Waals surface area contributed by atoms with E-state index < -0.39 is 34.8 Å². The molecule has 0 radical (unpaired) electrons. The fourth-order valence-corrected chi connectivity index (χ4v) is 1.92. The molecule has 0 heterocycles. The van der Waals surface area contributed by atoms with Gasteiger partial charge in [0.15, 0.2) is 0 Å². The van der Waals surface area contributed by atoms with Gasteiger partial charge in [-0.2, -0.15) is 13.2 Å². The van der Waals surface area contributed by atoms with Crippen molar-refractivity contribution in [1.82, 2.24) is 0 Å². The third kappa shape index (κ3) is 3.94. The fraction of sp³-hybridized carbons (Fsp3) is 0.188. The number of hydrogen-bond acceptors (Lipinski definition) is 4. The third-order valence-electron chi connectivity index (χ3n) is 3.05. The van der Waals surface area contributed by atoms with E-state index >= 15 is 0 Å². The van der Waals surface area contributed by atoms with Crippen molar-refractivity contribution in [3.05, 3.63) is 59.2 Å². The Morgan fingerprint density at radius 1 is 1.17 bits per heavy atom. The molecule has 4 nitrogen and oxygen atoms in total. The number of phenols is 1. The summed E-state index contributed by atoms with van der Waals surface area (Å²) in [7, 11) is 1.01. The first kappa shape index (κ1) is 16.7. The molecule has 0 aromatic heterocycles. The molecule has 2 rings (SSSR count). The number of hydrogen-bond donors (Lipinski definition) is 1.